The molecule has 0 saturated heterocycles. The lowest BCUT2D eigenvalue weighted by Crippen LogP contribution is -2.10. The molecule has 0 fully saturated rings. The van der Waals surface area contributed by atoms with Gasteiger partial charge in [0.1, 0.15) is 0 Å². The second-order valence-corrected chi connectivity index (χ2v) is 5.50. The first-order valence-corrected chi connectivity index (χ1v) is 6.77. The molecule has 0 aliphatic heterocycles. The maximum absolute atomic E-state index is 5.55. The van der Waals surface area contributed by atoms with Gasteiger partial charge in [-0.3, -0.25) is 11.7 Å². The number of anilines is 2. The molecule has 2 rings (SSSR count). The van der Waals surface area contributed by atoms with Crippen molar-refractivity contribution in [2.24, 2.45) is 11.7 Å². The van der Waals surface area contributed by atoms with Crippen LogP contribution in [0.3, 0.4) is 0 Å². The zero-order valence-electron chi connectivity index (χ0n) is 9.37. The Morgan fingerprint density at radius 2 is 1.11 bits per heavy atom. The number of halogens is 2. The minimum atomic E-state index is 0.822. The number of nitrogens with two attached hydrogens (primary N) is 2. The van der Waals surface area contributed by atoms with E-state index in [1.807, 2.05) is 36.4 Å². The number of benzene rings is 2. The van der Waals surface area contributed by atoms with Crippen LogP contribution in [0.2, 0.25) is 0 Å². The van der Waals surface area contributed by atoms with Crippen LogP contribution in [0.4, 0.5) is 11.4 Å². The van der Waals surface area contributed by atoms with E-state index in [9.17, 15) is 0 Å². The van der Waals surface area contributed by atoms with Crippen molar-refractivity contribution < 1.29 is 0 Å². The predicted octanol–water partition coefficient (Wildman–Crippen LogP) is 3.45. The Morgan fingerprint density at radius 1 is 0.722 bits per heavy atom. The smallest absolute Gasteiger partial charge is 0.0575 e. The quantitative estimate of drug-likeness (QED) is 0.492. The van der Waals surface area contributed by atoms with E-state index in [4.69, 9.17) is 11.7 Å². The van der Waals surface area contributed by atoms with E-state index in [0.717, 1.165) is 31.4 Å². The first-order valence-electron chi connectivity index (χ1n) is 5.18. The molecule has 0 unspecified atom stereocenters. The number of nitrogens with one attached hydrogen (secondary N) is 2. The Morgan fingerprint density at radius 3 is 1.44 bits per heavy atom. The summed E-state index contributed by atoms with van der Waals surface area (Å²) in [5, 5.41) is 0. The monoisotopic (exact) mass is 370 g/mol. The highest BCUT2D eigenvalue weighted by Gasteiger charge is 2.09. The summed E-state index contributed by atoms with van der Waals surface area (Å²) in [6.07, 6.45) is 0. The minimum Gasteiger partial charge on any atom is -0.323 e. The van der Waals surface area contributed by atoms with Gasteiger partial charge in [-0.2, -0.15) is 0 Å². The summed E-state index contributed by atoms with van der Waals surface area (Å²) in [5.74, 6) is 11.1. The fourth-order valence-electron chi connectivity index (χ4n) is 1.74. The van der Waals surface area contributed by atoms with E-state index in [-0.39, 0.29) is 0 Å². The van der Waals surface area contributed by atoms with Crippen LogP contribution in [0.15, 0.2) is 45.3 Å². The van der Waals surface area contributed by atoms with Crippen LogP contribution in [0.5, 0.6) is 0 Å². The van der Waals surface area contributed by atoms with Crippen molar-refractivity contribution in [3.63, 3.8) is 0 Å². The van der Waals surface area contributed by atoms with Gasteiger partial charge in [0.05, 0.1) is 11.4 Å². The molecular weight excluding hydrogens is 360 g/mol. The Balaban J connectivity index is 2.61. The molecule has 0 amide bonds. The SMILES string of the molecule is NNc1cc(Br)ccc1-c1ccc(Br)cc1NN. The van der Waals surface area contributed by atoms with Crippen LogP contribution in [0.1, 0.15) is 0 Å². The Bertz CT molecular complexity index is 520. The lowest BCUT2D eigenvalue weighted by atomic mass is 10.0. The third-order valence-corrected chi connectivity index (χ3v) is 3.55. The first kappa shape index (κ1) is 13.4. The second kappa shape index (κ2) is 5.71. The Kier molecular flexibility index (Phi) is 4.23. The molecule has 2 aromatic rings. The predicted molar refractivity (Wildman–Crippen MR) is 82.9 cm³/mol. The summed E-state index contributed by atoms with van der Waals surface area (Å²) < 4.78 is 1.91. The third kappa shape index (κ3) is 2.67. The Labute approximate surface area is 122 Å². The van der Waals surface area contributed by atoms with E-state index in [1.54, 1.807) is 0 Å². The van der Waals surface area contributed by atoms with Gasteiger partial charge in [-0.1, -0.05) is 44.0 Å². The van der Waals surface area contributed by atoms with E-state index >= 15 is 0 Å². The Hall–Kier alpha value is -1.08. The van der Waals surface area contributed by atoms with Crippen LogP contribution < -0.4 is 22.5 Å². The third-order valence-electron chi connectivity index (χ3n) is 2.56. The van der Waals surface area contributed by atoms with Crippen molar-refractivity contribution in [1.82, 2.24) is 0 Å². The second-order valence-electron chi connectivity index (χ2n) is 3.67. The van der Waals surface area contributed by atoms with Crippen molar-refractivity contribution in [2.45, 2.75) is 0 Å². The van der Waals surface area contributed by atoms with Crippen LogP contribution in [0, 0.1) is 0 Å². The summed E-state index contributed by atoms with van der Waals surface area (Å²) >= 11 is 6.83. The van der Waals surface area contributed by atoms with Gasteiger partial charge in [-0.15, -0.1) is 0 Å². The average Bonchev–Trinajstić information content (AvgIpc) is 2.38. The number of nitrogen functional groups attached to an aromatic ring is 2. The fraction of sp³-hybridized carbons (Fsp3) is 0. The molecule has 0 aliphatic carbocycles. The highest BCUT2D eigenvalue weighted by atomic mass is 79.9. The maximum atomic E-state index is 5.55. The standard InChI is InChI=1S/C12H12Br2N4/c13-7-1-3-9(11(5-7)17-15)10-4-2-8(14)6-12(10)18-16/h1-6,17-18H,15-16H2. The molecule has 0 atom stereocenters. The highest BCUT2D eigenvalue weighted by Crippen LogP contribution is 2.36. The zero-order chi connectivity index (χ0) is 13.1. The van der Waals surface area contributed by atoms with Crippen LogP contribution in [-0.2, 0) is 0 Å². The van der Waals surface area contributed by atoms with E-state index < -0.39 is 0 Å². The molecule has 0 aromatic heterocycles. The summed E-state index contributed by atoms with van der Waals surface area (Å²) in [6, 6.07) is 11.7. The van der Waals surface area contributed by atoms with E-state index in [2.05, 4.69) is 42.7 Å². The summed E-state index contributed by atoms with van der Waals surface area (Å²) in [6.45, 7) is 0. The van der Waals surface area contributed by atoms with E-state index in [1.165, 1.54) is 0 Å². The molecule has 0 saturated carbocycles. The highest BCUT2D eigenvalue weighted by molar-refractivity contribution is 9.10. The zero-order valence-corrected chi connectivity index (χ0v) is 12.5. The molecule has 4 nitrogen and oxygen atoms in total. The van der Waals surface area contributed by atoms with Crippen molar-refractivity contribution >= 4 is 43.2 Å². The molecule has 6 N–H and O–H groups in total. The minimum absolute atomic E-state index is 0.822. The molecule has 0 heterocycles. The molecular formula is C12H12Br2N4. The molecule has 0 bridgehead atoms. The van der Waals surface area contributed by atoms with Gasteiger partial charge >= 0.3 is 0 Å². The van der Waals surface area contributed by atoms with Crippen LogP contribution >= 0.6 is 31.9 Å². The first-order chi connectivity index (χ1) is 8.65. The lowest BCUT2D eigenvalue weighted by Gasteiger charge is -2.14. The maximum Gasteiger partial charge on any atom is 0.0575 e. The van der Waals surface area contributed by atoms with Crippen molar-refractivity contribution in [1.29, 1.82) is 0 Å². The van der Waals surface area contributed by atoms with Gasteiger partial charge in [0, 0.05) is 20.1 Å². The van der Waals surface area contributed by atoms with Crippen molar-refractivity contribution in [2.75, 3.05) is 10.9 Å². The number of hydrogen-bond donors (Lipinski definition) is 4. The van der Waals surface area contributed by atoms with Gasteiger partial charge in [0.25, 0.3) is 0 Å². The molecule has 0 radical (unpaired) electrons. The van der Waals surface area contributed by atoms with Gasteiger partial charge in [-0.25, -0.2) is 0 Å². The average molecular weight is 372 g/mol. The van der Waals surface area contributed by atoms with Crippen molar-refractivity contribution in [3.05, 3.63) is 45.3 Å². The summed E-state index contributed by atoms with van der Waals surface area (Å²) in [5.41, 5.74) is 8.97. The van der Waals surface area contributed by atoms with Gasteiger partial charge in [0.15, 0.2) is 0 Å². The topological polar surface area (TPSA) is 76.1 Å². The summed E-state index contributed by atoms with van der Waals surface area (Å²) in [7, 11) is 0. The molecule has 18 heavy (non-hydrogen) atoms. The van der Waals surface area contributed by atoms with Crippen LogP contribution in [-0.4, -0.2) is 0 Å². The summed E-state index contributed by atoms with van der Waals surface area (Å²) in [4.78, 5) is 0. The van der Waals surface area contributed by atoms with Crippen LogP contribution in [0.25, 0.3) is 11.1 Å². The van der Waals surface area contributed by atoms with Gasteiger partial charge in [-0.05, 0) is 24.3 Å². The fourth-order valence-corrected chi connectivity index (χ4v) is 2.46. The van der Waals surface area contributed by atoms with E-state index in [0.29, 0.717) is 0 Å². The normalized spacial score (nSPS) is 10.2. The van der Waals surface area contributed by atoms with Gasteiger partial charge < -0.3 is 10.9 Å². The molecule has 2 aromatic carbocycles. The molecule has 94 valence electrons. The molecule has 6 heteroatoms. The number of hydrazine groups is 2. The molecule has 0 spiro atoms. The lowest BCUT2D eigenvalue weighted by molar-refractivity contribution is 1.33. The van der Waals surface area contributed by atoms with Gasteiger partial charge in [0.2, 0.25) is 0 Å². The number of hydrogen-bond acceptors (Lipinski definition) is 4. The largest absolute Gasteiger partial charge is 0.323 e. The number of rotatable bonds is 3. The van der Waals surface area contributed by atoms with Crippen molar-refractivity contribution in [3.8, 4) is 11.1 Å². The molecule has 0 aliphatic rings.